The minimum atomic E-state index is -0.0702. The zero-order valence-corrected chi connectivity index (χ0v) is 10.8. The molecule has 94 valence electrons. The second kappa shape index (κ2) is 5.51. The Hall–Kier alpha value is -1.07. The molecule has 2 atom stereocenters. The van der Waals surface area contributed by atoms with E-state index in [0.717, 1.165) is 25.7 Å². The molecule has 0 saturated heterocycles. The molecule has 0 bridgehead atoms. The molecule has 1 aliphatic carbocycles. The van der Waals surface area contributed by atoms with Gasteiger partial charge in [-0.1, -0.05) is 12.8 Å². The maximum absolute atomic E-state index is 12.1. The van der Waals surface area contributed by atoms with Gasteiger partial charge in [0, 0.05) is 12.1 Å². The molecule has 1 heterocycles. The van der Waals surface area contributed by atoms with E-state index in [1.165, 1.54) is 11.3 Å². The van der Waals surface area contributed by atoms with Crippen molar-refractivity contribution >= 4 is 17.2 Å². The van der Waals surface area contributed by atoms with Crippen molar-refractivity contribution in [2.24, 2.45) is 5.73 Å². The summed E-state index contributed by atoms with van der Waals surface area (Å²) in [6.07, 6.45) is 4.27. The van der Waals surface area contributed by atoms with Crippen LogP contribution in [0.25, 0.3) is 0 Å². The quantitative estimate of drug-likeness (QED) is 0.864. The van der Waals surface area contributed by atoms with Gasteiger partial charge in [-0.2, -0.15) is 0 Å². The third kappa shape index (κ3) is 2.79. The molecule has 17 heavy (non-hydrogen) atoms. The first-order valence-corrected chi connectivity index (χ1v) is 6.78. The highest BCUT2D eigenvalue weighted by Crippen LogP contribution is 2.25. The molecule has 3 N–H and O–H groups in total. The molecule has 0 unspecified atom stereocenters. The number of hydrogen-bond acceptors (Lipinski definition) is 4. The van der Waals surface area contributed by atoms with Gasteiger partial charge in [-0.05, 0) is 24.3 Å². The number of methoxy groups -OCH3 is 1. The predicted octanol–water partition coefficient (Wildman–Crippen LogP) is 1.76. The van der Waals surface area contributed by atoms with Gasteiger partial charge in [0.05, 0.1) is 7.11 Å². The summed E-state index contributed by atoms with van der Waals surface area (Å²) >= 11 is 1.39. The van der Waals surface area contributed by atoms with Crippen LogP contribution in [0.1, 0.15) is 35.4 Å². The molecule has 1 aromatic rings. The Kier molecular flexibility index (Phi) is 4.02. The lowest BCUT2D eigenvalue weighted by Crippen LogP contribution is -2.49. The van der Waals surface area contributed by atoms with E-state index in [1.807, 2.05) is 5.38 Å². The van der Waals surface area contributed by atoms with Gasteiger partial charge in [-0.15, -0.1) is 11.3 Å². The second-order valence-corrected chi connectivity index (χ2v) is 5.26. The van der Waals surface area contributed by atoms with E-state index in [4.69, 9.17) is 10.5 Å². The number of hydrogen-bond donors (Lipinski definition) is 2. The van der Waals surface area contributed by atoms with E-state index in [-0.39, 0.29) is 18.0 Å². The lowest BCUT2D eigenvalue weighted by molar-refractivity contribution is 0.0922. The van der Waals surface area contributed by atoms with Gasteiger partial charge in [-0.3, -0.25) is 4.79 Å². The topological polar surface area (TPSA) is 64.3 Å². The number of nitrogens with two attached hydrogens (primary N) is 1. The monoisotopic (exact) mass is 254 g/mol. The van der Waals surface area contributed by atoms with E-state index < -0.39 is 0 Å². The summed E-state index contributed by atoms with van der Waals surface area (Å²) in [6.45, 7) is 0. The Morgan fingerprint density at radius 3 is 3.00 bits per heavy atom. The summed E-state index contributed by atoms with van der Waals surface area (Å²) in [5.41, 5.74) is 6.01. The fourth-order valence-corrected chi connectivity index (χ4v) is 2.96. The Morgan fingerprint density at radius 1 is 1.53 bits per heavy atom. The summed E-state index contributed by atoms with van der Waals surface area (Å²) in [7, 11) is 1.57. The first-order valence-electron chi connectivity index (χ1n) is 5.90. The average molecular weight is 254 g/mol. The van der Waals surface area contributed by atoms with Crippen LogP contribution in [0, 0.1) is 0 Å². The largest absolute Gasteiger partial charge is 0.495 e. The standard InChI is InChI=1S/C12H18N2O2S/c1-16-10-6-7-17-11(10)12(15)14-9-5-3-2-4-8(9)13/h6-9H,2-5,13H2,1H3,(H,14,15)/t8-,9-/m1/s1. The number of rotatable bonds is 3. The van der Waals surface area contributed by atoms with E-state index in [2.05, 4.69) is 5.32 Å². The van der Waals surface area contributed by atoms with Crippen LogP contribution < -0.4 is 15.8 Å². The van der Waals surface area contributed by atoms with Crippen molar-refractivity contribution in [3.05, 3.63) is 16.3 Å². The number of ether oxygens (including phenoxy) is 1. The zero-order chi connectivity index (χ0) is 12.3. The molecular weight excluding hydrogens is 236 g/mol. The summed E-state index contributed by atoms with van der Waals surface area (Å²) in [4.78, 5) is 12.7. The highest BCUT2D eigenvalue weighted by Gasteiger charge is 2.25. The van der Waals surface area contributed by atoms with Crippen molar-refractivity contribution < 1.29 is 9.53 Å². The second-order valence-electron chi connectivity index (χ2n) is 4.35. The van der Waals surface area contributed by atoms with E-state index >= 15 is 0 Å². The summed E-state index contributed by atoms with van der Waals surface area (Å²) in [6, 6.07) is 1.99. The number of amides is 1. The molecule has 0 aliphatic heterocycles. The molecule has 4 nitrogen and oxygen atoms in total. The Balaban J connectivity index is 2.01. The SMILES string of the molecule is COc1ccsc1C(=O)N[C@@H]1CCCC[C@H]1N. The van der Waals surface area contributed by atoms with E-state index in [1.54, 1.807) is 13.2 Å². The van der Waals surface area contributed by atoms with Gasteiger partial charge in [0.2, 0.25) is 0 Å². The molecule has 1 saturated carbocycles. The molecule has 0 aromatic carbocycles. The molecule has 1 fully saturated rings. The van der Waals surface area contributed by atoms with Crippen LogP contribution in [0.4, 0.5) is 0 Å². The van der Waals surface area contributed by atoms with Crippen LogP contribution in [-0.4, -0.2) is 25.1 Å². The normalized spacial score (nSPS) is 24.4. The lowest BCUT2D eigenvalue weighted by atomic mass is 9.91. The van der Waals surface area contributed by atoms with Crippen molar-refractivity contribution in [1.82, 2.24) is 5.32 Å². The molecule has 0 spiro atoms. The lowest BCUT2D eigenvalue weighted by Gasteiger charge is -2.29. The van der Waals surface area contributed by atoms with Gasteiger partial charge in [0.25, 0.3) is 5.91 Å². The van der Waals surface area contributed by atoms with Crippen LogP contribution in [0.5, 0.6) is 5.75 Å². The minimum Gasteiger partial charge on any atom is -0.495 e. The van der Waals surface area contributed by atoms with Crippen LogP contribution in [0.3, 0.4) is 0 Å². The Bertz CT molecular complexity index is 392. The van der Waals surface area contributed by atoms with Crippen molar-refractivity contribution in [2.45, 2.75) is 37.8 Å². The third-order valence-electron chi connectivity index (χ3n) is 3.19. The molecule has 1 aliphatic rings. The Labute approximate surface area is 105 Å². The van der Waals surface area contributed by atoms with Gasteiger partial charge in [0.15, 0.2) is 0 Å². The van der Waals surface area contributed by atoms with Crippen molar-refractivity contribution in [1.29, 1.82) is 0 Å². The van der Waals surface area contributed by atoms with Gasteiger partial charge >= 0.3 is 0 Å². The number of nitrogens with one attached hydrogen (secondary N) is 1. The smallest absolute Gasteiger partial charge is 0.265 e. The summed E-state index contributed by atoms with van der Waals surface area (Å²) < 4.78 is 5.14. The molecule has 0 radical (unpaired) electrons. The minimum absolute atomic E-state index is 0.0702. The zero-order valence-electron chi connectivity index (χ0n) is 9.94. The molecule has 1 amide bonds. The third-order valence-corrected chi connectivity index (χ3v) is 4.09. The number of carbonyl (C=O) groups is 1. The van der Waals surface area contributed by atoms with Crippen LogP contribution in [-0.2, 0) is 0 Å². The van der Waals surface area contributed by atoms with Gasteiger partial charge in [-0.25, -0.2) is 0 Å². The fourth-order valence-electron chi connectivity index (χ4n) is 2.20. The Morgan fingerprint density at radius 2 is 2.29 bits per heavy atom. The molecule has 2 rings (SSSR count). The number of carbonyl (C=O) groups excluding carboxylic acids is 1. The molecular formula is C12H18N2O2S. The molecule has 5 heteroatoms. The first-order chi connectivity index (χ1) is 8.22. The van der Waals surface area contributed by atoms with Crippen molar-refractivity contribution in [3.8, 4) is 5.75 Å². The first kappa shape index (κ1) is 12.4. The van der Waals surface area contributed by atoms with Crippen molar-refractivity contribution in [2.75, 3.05) is 7.11 Å². The van der Waals surface area contributed by atoms with E-state index in [0.29, 0.717) is 10.6 Å². The van der Waals surface area contributed by atoms with Crippen LogP contribution >= 0.6 is 11.3 Å². The maximum Gasteiger partial charge on any atom is 0.265 e. The average Bonchev–Trinajstić information content (AvgIpc) is 2.80. The van der Waals surface area contributed by atoms with Crippen molar-refractivity contribution in [3.63, 3.8) is 0 Å². The summed E-state index contributed by atoms with van der Waals surface area (Å²) in [5.74, 6) is 0.566. The highest BCUT2D eigenvalue weighted by molar-refractivity contribution is 7.12. The van der Waals surface area contributed by atoms with E-state index in [9.17, 15) is 4.79 Å². The van der Waals surface area contributed by atoms with Gasteiger partial charge < -0.3 is 15.8 Å². The predicted molar refractivity (Wildman–Crippen MR) is 68.6 cm³/mol. The highest BCUT2D eigenvalue weighted by atomic mass is 32.1. The van der Waals surface area contributed by atoms with Gasteiger partial charge in [0.1, 0.15) is 10.6 Å². The van der Waals surface area contributed by atoms with Crippen LogP contribution in [0.15, 0.2) is 11.4 Å². The number of thiophene rings is 1. The maximum atomic E-state index is 12.1. The fraction of sp³-hybridized carbons (Fsp3) is 0.583. The van der Waals surface area contributed by atoms with Crippen LogP contribution in [0.2, 0.25) is 0 Å². The molecule has 1 aromatic heterocycles. The summed E-state index contributed by atoms with van der Waals surface area (Å²) in [5, 5.41) is 4.87.